The van der Waals surface area contributed by atoms with E-state index in [0.717, 1.165) is 28.6 Å². The van der Waals surface area contributed by atoms with E-state index in [-0.39, 0.29) is 11.9 Å². The van der Waals surface area contributed by atoms with Gasteiger partial charge in [-0.05, 0) is 49.2 Å². The van der Waals surface area contributed by atoms with E-state index in [1.807, 2.05) is 53.6 Å². The second kappa shape index (κ2) is 4.48. The van der Waals surface area contributed by atoms with Crippen molar-refractivity contribution in [3.05, 3.63) is 65.9 Å². The number of aromatic amines is 1. The number of anilines is 1. The quantitative estimate of drug-likeness (QED) is 0.721. The van der Waals surface area contributed by atoms with Crippen molar-refractivity contribution in [3.8, 4) is 0 Å². The second-order valence-corrected chi connectivity index (χ2v) is 5.64. The predicted octanol–water partition coefficient (Wildman–Crippen LogP) is 3.76. The summed E-state index contributed by atoms with van der Waals surface area (Å²) >= 11 is 0. The third-order valence-corrected chi connectivity index (χ3v) is 4.23. The minimum atomic E-state index is 0.0792. The molecule has 1 amide bonds. The zero-order valence-electron chi connectivity index (χ0n) is 11.8. The molecule has 1 N–H and O–H groups in total. The number of carbonyl (C=O) groups is 1. The van der Waals surface area contributed by atoms with Gasteiger partial charge in [-0.2, -0.15) is 0 Å². The van der Waals surface area contributed by atoms with Crippen LogP contribution >= 0.6 is 0 Å². The van der Waals surface area contributed by atoms with Gasteiger partial charge in [0.25, 0.3) is 5.91 Å². The molecule has 1 atom stereocenters. The van der Waals surface area contributed by atoms with Gasteiger partial charge in [-0.1, -0.05) is 18.2 Å². The summed E-state index contributed by atoms with van der Waals surface area (Å²) in [5.74, 6) is 0.0792. The number of hydrogen-bond donors (Lipinski definition) is 1. The van der Waals surface area contributed by atoms with E-state index in [1.54, 1.807) is 0 Å². The summed E-state index contributed by atoms with van der Waals surface area (Å²) in [6.07, 6.45) is 2.82. The Morgan fingerprint density at radius 2 is 2.05 bits per heavy atom. The topological polar surface area (TPSA) is 36.1 Å². The number of nitrogens with zero attached hydrogens (tertiary/aromatic N) is 1. The van der Waals surface area contributed by atoms with Crippen LogP contribution in [0.2, 0.25) is 0 Å². The summed E-state index contributed by atoms with van der Waals surface area (Å²) in [5.41, 5.74) is 4.09. The molecule has 1 aromatic heterocycles. The molecular weight excluding hydrogens is 260 g/mol. The number of nitrogens with one attached hydrogen (secondary N) is 1. The third kappa shape index (κ3) is 1.85. The van der Waals surface area contributed by atoms with Crippen LogP contribution in [0, 0.1) is 0 Å². The average Bonchev–Trinajstić information content (AvgIpc) is 3.08. The van der Waals surface area contributed by atoms with Crippen molar-refractivity contribution in [2.75, 3.05) is 4.90 Å². The first kappa shape index (κ1) is 12.2. The first-order valence-electron chi connectivity index (χ1n) is 7.22. The maximum Gasteiger partial charge on any atom is 0.258 e. The molecule has 1 aliphatic rings. The molecule has 0 bridgehead atoms. The Morgan fingerprint density at radius 3 is 2.95 bits per heavy atom. The number of fused-ring (bicyclic) bond motifs is 2. The molecule has 1 aliphatic heterocycles. The SMILES string of the molecule is CC1Cc2ccccc2N1C(=O)c1ccc2[nH]ccc2c1. The van der Waals surface area contributed by atoms with E-state index >= 15 is 0 Å². The number of aromatic nitrogens is 1. The lowest BCUT2D eigenvalue weighted by molar-refractivity contribution is 0.0981. The largest absolute Gasteiger partial charge is 0.361 e. The number of benzene rings is 2. The van der Waals surface area contributed by atoms with Crippen molar-refractivity contribution in [1.29, 1.82) is 0 Å². The van der Waals surface area contributed by atoms with Crippen molar-refractivity contribution < 1.29 is 4.79 Å². The summed E-state index contributed by atoms with van der Waals surface area (Å²) in [6.45, 7) is 2.10. The van der Waals surface area contributed by atoms with Gasteiger partial charge in [-0.25, -0.2) is 0 Å². The summed E-state index contributed by atoms with van der Waals surface area (Å²) in [4.78, 5) is 18.0. The average molecular weight is 276 g/mol. The minimum Gasteiger partial charge on any atom is -0.361 e. The number of amides is 1. The van der Waals surface area contributed by atoms with Crippen LogP contribution in [0.3, 0.4) is 0 Å². The molecule has 0 fully saturated rings. The monoisotopic (exact) mass is 276 g/mol. The standard InChI is InChI=1S/C18H16N2O/c1-12-10-14-4-2-3-5-17(14)20(12)18(21)15-6-7-16-13(11-15)8-9-19-16/h2-9,11-12,19H,10H2,1H3. The molecule has 3 heteroatoms. The summed E-state index contributed by atoms with van der Waals surface area (Å²) in [5, 5.41) is 1.07. The number of carbonyl (C=O) groups excluding carboxylic acids is 1. The molecule has 0 radical (unpaired) electrons. The molecule has 3 nitrogen and oxygen atoms in total. The first-order chi connectivity index (χ1) is 10.2. The molecule has 21 heavy (non-hydrogen) atoms. The number of para-hydroxylation sites is 1. The zero-order chi connectivity index (χ0) is 14.4. The predicted molar refractivity (Wildman–Crippen MR) is 84.7 cm³/mol. The zero-order valence-corrected chi connectivity index (χ0v) is 11.8. The fraction of sp³-hybridized carbons (Fsp3) is 0.167. The molecular formula is C18H16N2O. The maximum atomic E-state index is 12.9. The van der Waals surface area contributed by atoms with Crippen LogP contribution in [0.1, 0.15) is 22.8 Å². The van der Waals surface area contributed by atoms with Crippen LogP contribution in [0.5, 0.6) is 0 Å². The Kier molecular flexibility index (Phi) is 2.61. The van der Waals surface area contributed by atoms with Gasteiger partial charge in [-0.15, -0.1) is 0 Å². The van der Waals surface area contributed by atoms with Gasteiger partial charge in [-0.3, -0.25) is 4.79 Å². The van der Waals surface area contributed by atoms with E-state index in [9.17, 15) is 4.79 Å². The Labute approximate surface area is 123 Å². The molecule has 3 aromatic rings. The van der Waals surface area contributed by atoms with Crippen LogP contribution in [0.15, 0.2) is 54.7 Å². The molecule has 4 rings (SSSR count). The first-order valence-corrected chi connectivity index (χ1v) is 7.22. The second-order valence-electron chi connectivity index (χ2n) is 5.64. The number of rotatable bonds is 1. The van der Waals surface area contributed by atoms with Crippen molar-refractivity contribution in [3.63, 3.8) is 0 Å². The molecule has 0 spiro atoms. The molecule has 1 unspecified atom stereocenters. The van der Waals surface area contributed by atoms with Crippen LogP contribution in [-0.2, 0) is 6.42 Å². The molecule has 0 saturated carbocycles. The lowest BCUT2D eigenvalue weighted by Crippen LogP contribution is -2.35. The lowest BCUT2D eigenvalue weighted by Gasteiger charge is -2.22. The van der Waals surface area contributed by atoms with Crippen molar-refractivity contribution in [1.82, 2.24) is 4.98 Å². The van der Waals surface area contributed by atoms with Gasteiger partial charge in [0.05, 0.1) is 0 Å². The van der Waals surface area contributed by atoms with E-state index in [2.05, 4.69) is 18.0 Å². The van der Waals surface area contributed by atoms with E-state index in [1.165, 1.54) is 5.56 Å². The minimum absolute atomic E-state index is 0.0792. The summed E-state index contributed by atoms with van der Waals surface area (Å²) in [6, 6.07) is 16.2. The van der Waals surface area contributed by atoms with Gasteiger partial charge in [0.2, 0.25) is 0 Å². The van der Waals surface area contributed by atoms with Gasteiger partial charge in [0, 0.05) is 34.4 Å². The Hall–Kier alpha value is -2.55. The number of hydrogen-bond acceptors (Lipinski definition) is 1. The molecule has 2 heterocycles. The summed E-state index contributed by atoms with van der Waals surface area (Å²) in [7, 11) is 0. The van der Waals surface area contributed by atoms with Crippen LogP contribution in [0.25, 0.3) is 10.9 Å². The van der Waals surface area contributed by atoms with Crippen molar-refractivity contribution in [2.24, 2.45) is 0 Å². The van der Waals surface area contributed by atoms with Crippen molar-refractivity contribution >= 4 is 22.5 Å². The Balaban J connectivity index is 1.77. The molecule has 104 valence electrons. The van der Waals surface area contributed by atoms with Crippen LogP contribution < -0.4 is 4.90 Å². The Morgan fingerprint density at radius 1 is 1.19 bits per heavy atom. The normalized spacial score (nSPS) is 17.2. The van der Waals surface area contributed by atoms with E-state index < -0.39 is 0 Å². The van der Waals surface area contributed by atoms with Gasteiger partial charge in [0.15, 0.2) is 0 Å². The van der Waals surface area contributed by atoms with E-state index in [0.29, 0.717) is 0 Å². The van der Waals surface area contributed by atoms with Crippen LogP contribution in [-0.4, -0.2) is 16.9 Å². The highest BCUT2D eigenvalue weighted by molar-refractivity contribution is 6.09. The van der Waals surface area contributed by atoms with Gasteiger partial charge < -0.3 is 9.88 Å². The molecule has 0 saturated heterocycles. The summed E-state index contributed by atoms with van der Waals surface area (Å²) < 4.78 is 0. The van der Waals surface area contributed by atoms with Crippen molar-refractivity contribution in [2.45, 2.75) is 19.4 Å². The Bertz CT molecular complexity index is 834. The fourth-order valence-electron chi connectivity index (χ4n) is 3.20. The van der Waals surface area contributed by atoms with Gasteiger partial charge in [0.1, 0.15) is 0 Å². The van der Waals surface area contributed by atoms with Gasteiger partial charge >= 0.3 is 0 Å². The van der Waals surface area contributed by atoms with Crippen LogP contribution in [0.4, 0.5) is 5.69 Å². The fourth-order valence-corrected chi connectivity index (χ4v) is 3.20. The lowest BCUT2D eigenvalue weighted by atomic mass is 10.1. The maximum absolute atomic E-state index is 12.9. The highest BCUT2D eigenvalue weighted by Crippen LogP contribution is 2.33. The molecule has 2 aromatic carbocycles. The number of H-pyrrole nitrogens is 1. The highest BCUT2D eigenvalue weighted by Gasteiger charge is 2.31. The smallest absolute Gasteiger partial charge is 0.258 e. The highest BCUT2D eigenvalue weighted by atomic mass is 16.2. The third-order valence-electron chi connectivity index (χ3n) is 4.23. The van der Waals surface area contributed by atoms with E-state index in [4.69, 9.17) is 0 Å². The molecule has 0 aliphatic carbocycles.